The minimum Gasteiger partial charge on any atom is -0.493 e. The number of nitrogens with zero attached hydrogens (tertiary/aromatic N) is 2. The van der Waals surface area contributed by atoms with Crippen LogP contribution in [0.3, 0.4) is 0 Å². The highest BCUT2D eigenvalue weighted by molar-refractivity contribution is 7.89. The van der Waals surface area contributed by atoms with Gasteiger partial charge in [0.25, 0.3) is 0 Å². The normalized spacial score (nSPS) is 15.4. The molecule has 1 aliphatic rings. The number of hydrazone groups is 1. The molecular weight excluding hydrogens is 480 g/mol. The van der Waals surface area contributed by atoms with Crippen molar-refractivity contribution in [3.05, 3.63) is 77.4 Å². The molecule has 0 bridgehead atoms. The molecule has 0 aromatic heterocycles. The fourth-order valence-electron chi connectivity index (χ4n) is 4.22. The van der Waals surface area contributed by atoms with Gasteiger partial charge in [-0.05, 0) is 54.3 Å². The highest BCUT2D eigenvalue weighted by Crippen LogP contribution is 2.35. The van der Waals surface area contributed by atoms with E-state index >= 15 is 0 Å². The first-order chi connectivity index (χ1) is 17.2. The van der Waals surface area contributed by atoms with Crippen molar-refractivity contribution in [1.82, 2.24) is 10.3 Å². The molecule has 0 saturated heterocycles. The molecule has 3 aromatic carbocycles. The Bertz CT molecular complexity index is 1440. The Morgan fingerprint density at radius 2 is 1.64 bits per heavy atom. The van der Waals surface area contributed by atoms with Crippen LogP contribution in [0.4, 0.5) is 4.79 Å². The third-order valence-electron chi connectivity index (χ3n) is 6.08. The van der Waals surface area contributed by atoms with Crippen LogP contribution in [0.5, 0.6) is 11.5 Å². The Kier molecular flexibility index (Phi) is 7.00. The van der Waals surface area contributed by atoms with E-state index in [1.54, 1.807) is 27.3 Å². The zero-order valence-electron chi connectivity index (χ0n) is 20.5. The molecule has 4 rings (SSSR count). The molecule has 188 valence electrons. The zero-order valence-corrected chi connectivity index (χ0v) is 21.3. The summed E-state index contributed by atoms with van der Waals surface area (Å²) < 4.78 is 34.6. The largest absolute Gasteiger partial charge is 0.493 e. The van der Waals surface area contributed by atoms with Crippen LogP contribution in [0.15, 0.2) is 70.7 Å². The molecule has 0 radical (unpaired) electrons. The van der Waals surface area contributed by atoms with Gasteiger partial charge in [-0.1, -0.05) is 36.4 Å². The van der Waals surface area contributed by atoms with Crippen molar-refractivity contribution in [2.24, 2.45) is 10.2 Å². The second kappa shape index (κ2) is 10.00. The van der Waals surface area contributed by atoms with Crippen molar-refractivity contribution < 1.29 is 22.7 Å². The molecule has 0 spiro atoms. The van der Waals surface area contributed by atoms with Gasteiger partial charge in [-0.25, -0.2) is 23.4 Å². The molecule has 2 amide bonds. The minimum atomic E-state index is -3.82. The van der Waals surface area contributed by atoms with E-state index in [9.17, 15) is 13.2 Å². The van der Waals surface area contributed by atoms with Gasteiger partial charge in [0.05, 0.1) is 30.9 Å². The molecule has 9 nitrogen and oxygen atoms in total. The van der Waals surface area contributed by atoms with Crippen molar-refractivity contribution in [3.8, 4) is 22.6 Å². The average Bonchev–Trinajstić information content (AvgIpc) is 3.02. The summed E-state index contributed by atoms with van der Waals surface area (Å²) in [6.07, 6.45) is 0.564. The smallest absolute Gasteiger partial charge is 0.337 e. The maximum absolute atomic E-state index is 12.7. The Balaban J connectivity index is 1.84. The number of rotatable bonds is 5. The summed E-state index contributed by atoms with van der Waals surface area (Å²) in [6, 6.07) is 17.2. The van der Waals surface area contributed by atoms with Crippen LogP contribution in [0.1, 0.15) is 23.6 Å². The molecule has 1 aliphatic heterocycles. The number of primary sulfonamides is 1. The van der Waals surface area contributed by atoms with Gasteiger partial charge >= 0.3 is 6.03 Å². The number of fused-ring (bicyclic) bond motifs is 1. The SMILES string of the molecule is CNC(=O)N1N=C(c2ccc(-c3cccc(S(N)(=O)=O)c3)cc2)c2cc(OC)c(OC)cc2CC1C. The van der Waals surface area contributed by atoms with Gasteiger partial charge in [-0.3, -0.25) is 0 Å². The van der Waals surface area contributed by atoms with E-state index in [1.165, 1.54) is 17.1 Å². The van der Waals surface area contributed by atoms with Crippen molar-refractivity contribution in [2.45, 2.75) is 24.3 Å². The first-order valence-corrected chi connectivity index (χ1v) is 12.8. The third kappa shape index (κ3) is 4.91. The first-order valence-electron chi connectivity index (χ1n) is 11.2. The molecular formula is C26H28N4O5S. The number of hydrogen-bond donors (Lipinski definition) is 2. The molecule has 3 N–H and O–H groups in total. The van der Waals surface area contributed by atoms with Gasteiger partial charge in [0.1, 0.15) is 0 Å². The van der Waals surface area contributed by atoms with Gasteiger partial charge < -0.3 is 14.8 Å². The van der Waals surface area contributed by atoms with Crippen molar-refractivity contribution in [3.63, 3.8) is 0 Å². The molecule has 1 unspecified atom stereocenters. The predicted molar refractivity (Wildman–Crippen MR) is 138 cm³/mol. The van der Waals surface area contributed by atoms with Crippen LogP contribution in [0, 0.1) is 0 Å². The maximum atomic E-state index is 12.7. The van der Waals surface area contributed by atoms with E-state index in [4.69, 9.17) is 19.7 Å². The standard InChI is InChI=1S/C26H28N4O5S/c1-16-12-20-14-23(34-3)24(35-4)15-22(20)25(29-30(16)26(31)28-2)18-10-8-17(9-11-18)19-6-5-7-21(13-19)36(27,32)33/h5-11,13-16H,12H2,1-4H3,(H,28,31)(H2,27,32,33). The Morgan fingerprint density at radius 1 is 1.00 bits per heavy atom. The van der Waals surface area contributed by atoms with Gasteiger partial charge in [-0.15, -0.1) is 0 Å². The van der Waals surface area contributed by atoms with Crippen LogP contribution in [0.25, 0.3) is 11.1 Å². The van der Waals surface area contributed by atoms with E-state index in [2.05, 4.69) is 5.32 Å². The summed E-state index contributed by atoms with van der Waals surface area (Å²) in [5.74, 6) is 1.16. The number of ether oxygens (including phenoxy) is 2. The second-order valence-electron chi connectivity index (χ2n) is 8.42. The lowest BCUT2D eigenvalue weighted by molar-refractivity contribution is 0.184. The first kappa shape index (κ1) is 25.2. The van der Waals surface area contributed by atoms with E-state index in [0.717, 1.165) is 22.3 Å². The third-order valence-corrected chi connectivity index (χ3v) is 6.99. The van der Waals surface area contributed by atoms with Gasteiger partial charge in [0, 0.05) is 18.2 Å². The average molecular weight is 509 g/mol. The summed E-state index contributed by atoms with van der Waals surface area (Å²) in [5.41, 5.74) is 4.69. The number of hydrogen-bond acceptors (Lipinski definition) is 6. The minimum absolute atomic E-state index is 0.0439. The summed E-state index contributed by atoms with van der Waals surface area (Å²) >= 11 is 0. The molecule has 0 saturated carbocycles. The lowest BCUT2D eigenvalue weighted by Gasteiger charge is -2.22. The molecule has 3 aromatic rings. The number of sulfonamides is 1. The molecule has 1 atom stereocenters. The maximum Gasteiger partial charge on any atom is 0.337 e. The highest BCUT2D eigenvalue weighted by Gasteiger charge is 2.28. The predicted octanol–water partition coefficient (Wildman–Crippen LogP) is 3.36. The summed E-state index contributed by atoms with van der Waals surface area (Å²) in [4.78, 5) is 12.7. The van der Waals surface area contributed by atoms with Crippen LogP contribution >= 0.6 is 0 Å². The highest BCUT2D eigenvalue weighted by atomic mass is 32.2. The van der Waals surface area contributed by atoms with Gasteiger partial charge in [0.15, 0.2) is 11.5 Å². The van der Waals surface area contributed by atoms with Crippen molar-refractivity contribution >= 4 is 21.8 Å². The van der Waals surface area contributed by atoms with Crippen LogP contribution < -0.4 is 19.9 Å². The van der Waals surface area contributed by atoms with Gasteiger partial charge in [0.2, 0.25) is 10.0 Å². The number of benzene rings is 3. The molecule has 36 heavy (non-hydrogen) atoms. The number of amides is 2. The number of carbonyl (C=O) groups excluding carboxylic acids is 1. The van der Waals surface area contributed by atoms with E-state index in [1.807, 2.05) is 49.4 Å². The van der Waals surface area contributed by atoms with Crippen molar-refractivity contribution in [2.75, 3.05) is 21.3 Å². The van der Waals surface area contributed by atoms with Crippen LogP contribution in [-0.2, 0) is 16.4 Å². The van der Waals surface area contributed by atoms with E-state index in [-0.39, 0.29) is 17.0 Å². The Hall–Kier alpha value is -3.89. The number of urea groups is 1. The van der Waals surface area contributed by atoms with E-state index < -0.39 is 10.0 Å². The monoisotopic (exact) mass is 508 g/mol. The molecule has 10 heteroatoms. The summed E-state index contributed by atoms with van der Waals surface area (Å²) in [6.45, 7) is 1.93. The van der Waals surface area contributed by atoms with Crippen LogP contribution in [0.2, 0.25) is 0 Å². The zero-order chi connectivity index (χ0) is 26.0. The second-order valence-corrected chi connectivity index (χ2v) is 9.98. The lowest BCUT2D eigenvalue weighted by Crippen LogP contribution is -2.41. The Labute approximate surface area is 210 Å². The topological polar surface area (TPSA) is 123 Å². The van der Waals surface area contributed by atoms with E-state index in [0.29, 0.717) is 29.2 Å². The number of nitrogens with one attached hydrogen (secondary N) is 1. The molecule has 0 fully saturated rings. The van der Waals surface area contributed by atoms with Crippen molar-refractivity contribution in [1.29, 1.82) is 0 Å². The van der Waals surface area contributed by atoms with Gasteiger partial charge in [-0.2, -0.15) is 5.10 Å². The fourth-order valence-corrected chi connectivity index (χ4v) is 4.78. The Morgan fingerprint density at radius 3 is 2.25 bits per heavy atom. The number of nitrogens with two attached hydrogens (primary N) is 1. The van der Waals surface area contributed by atoms with Crippen LogP contribution in [-0.4, -0.2) is 52.5 Å². The molecule has 1 heterocycles. The summed E-state index contributed by atoms with van der Waals surface area (Å²) in [5, 5.41) is 14.2. The quantitative estimate of drug-likeness (QED) is 0.547. The fraction of sp³-hybridized carbons (Fsp3) is 0.231. The number of carbonyl (C=O) groups is 1. The molecule has 0 aliphatic carbocycles. The summed E-state index contributed by atoms with van der Waals surface area (Å²) in [7, 11) is 0.907. The number of methoxy groups -OCH3 is 2. The lowest BCUT2D eigenvalue weighted by atomic mass is 9.93.